The Kier molecular flexibility index (Phi) is 5.21. The van der Waals surface area contributed by atoms with E-state index in [-0.39, 0.29) is 13.2 Å². The van der Waals surface area contributed by atoms with Gasteiger partial charge in [-0.3, -0.25) is 4.79 Å². The number of aromatic nitrogens is 3. The van der Waals surface area contributed by atoms with Crippen LogP contribution in [0.2, 0.25) is 0 Å². The number of rotatable bonds is 7. The predicted octanol–water partition coefficient (Wildman–Crippen LogP) is 0.161. The highest BCUT2D eigenvalue weighted by Crippen LogP contribution is 2.14. The number of nitrogens with zero attached hydrogens (tertiary/aromatic N) is 3. The number of carbonyl (C=O) groups is 2. The van der Waals surface area contributed by atoms with Crippen LogP contribution in [-0.4, -0.2) is 51.7 Å². The van der Waals surface area contributed by atoms with Gasteiger partial charge in [0.15, 0.2) is 6.04 Å². The van der Waals surface area contributed by atoms with Crippen LogP contribution in [0.15, 0.2) is 36.5 Å². The second-order valence-electron chi connectivity index (χ2n) is 4.58. The van der Waals surface area contributed by atoms with E-state index in [1.165, 1.54) is 11.8 Å². The average Bonchev–Trinajstić information content (AvgIpc) is 2.96. The first-order chi connectivity index (χ1) is 10.6. The van der Waals surface area contributed by atoms with Crippen LogP contribution in [0.3, 0.4) is 0 Å². The Balaban J connectivity index is 1.98. The van der Waals surface area contributed by atoms with Gasteiger partial charge in [-0.2, -0.15) is 0 Å². The number of methoxy groups -OCH3 is 1. The lowest BCUT2D eigenvalue weighted by Gasteiger charge is -2.13. The second kappa shape index (κ2) is 7.32. The Bertz CT molecular complexity index is 641. The molecule has 22 heavy (non-hydrogen) atoms. The molecule has 2 rings (SSSR count). The SMILES string of the molecule is COCC(NC(=O)Cn1cc(-c2ccccc2)nn1)C(=O)O. The molecule has 0 saturated carbocycles. The van der Waals surface area contributed by atoms with Gasteiger partial charge in [-0.25, -0.2) is 9.48 Å². The van der Waals surface area contributed by atoms with Crippen LogP contribution in [0.1, 0.15) is 0 Å². The maximum Gasteiger partial charge on any atom is 0.328 e. The van der Waals surface area contributed by atoms with Gasteiger partial charge in [-0.1, -0.05) is 35.5 Å². The number of aliphatic carboxylic acids is 1. The van der Waals surface area contributed by atoms with Gasteiger partial charge < -0.3 is 15.2 Å². The molecule has 0 aliphatic rings. The van der Waals surface area contributed by atoms with Crippen molar-refractivity contribution in [2.75, 3.05) is 13.7 Å². The Labute approximate surface area is 126 Å². The summed E-state index contributed by atoms with van der Waals surface area (Å²) in [6.07, 6.45) is 1.63. The maximum absolute atomic E-state index is 11.8. The van der Waals surface area contributed by atoms with Crippen molar-refractivity contribution in [3.63, 3.8) is 0 Å². The minimum Gasteiger partial charge on any atom is -0.480 e. The highest BCUT2D eigenvalue weighted by atomic mass is 16.5. The van der Waals surface area contributed by atoms with Gasteiger partial charge in [0.25, 0.3) is 0 Å². The van der Waals surface area contributed by atoms with Crippen LogP contribution in [0, 0.1) is 0 Å². The molecule has 0 saturated heterocycles. The minimum absolute atomic E-state index is 0.103. The molecule has 0 spiro atoms. The molecule has 0 aliphatic heterocycles. The molecule has 0 aliphatic carbocycles. The van der Waals surface area contributed by atoms with Crippen LogP contribution in [0.5, 0.6) is 0 Å². The fourth-order valence-electron chi connectivity index (χ4n) is 1.85. The van der Waals surface area contributed by atoms with Crippen molar-refractivity contribution in [1.29, 1.82) is 0 Å². The van der Waals surface area contributed by atoms with Crippen molar-refractivity contribution in [3.8, 4) is 11.3 Å². The Morgan fingerprint density at radius 1 is 1.36 bits per heavy atom. The normalized spacial score (nSPS) is 11.9. The molecule has 1 unspecified atom stereocenters. The Morgan fingerprint density at radius 3 is 2.73 bits per heavy atom. The second-order valence-corrected chi connectivity index (χ2v) is 4.58. The van der Waals surface area contributed by atoms with Crippen molar-refractivity contribution in [2.45, 2.75) is 12.6 Å². The number of benzene rings is 1. The van der Waals surface area contributed by atoms with Crippen LogP contribution in [0.25, 0.3) is 11.3 Å². The molecule has 8 nitrogen and oxygen atoms in total. The zero-order valence-corrected chi connectivity index (χ0v) is 12.0. The van der Waals surface area contributed by atoms with E-state index in [9.17, 15) is 9.59 Å². The first-order valence-electron chi connectivity index (χ1n) is 6.57. The van der Waals surface area contributed by atoms with Crippen LogP contribution in [0.4, 0.5) is 0 Å². The number of amides is 1. The maximum atomic E-state index is 11.8. The number of carboxylic acid groups (broad SMARTS) is 1. The third-order valence-electron chi connectivity index (χ3n) is 2.88. The number of hydrogen-bond acceptors (Lipinski definition) is 5. The molecular weight excluding hydrogens is 288 g/mol. The van der Waals surface area contributed by atoms with Crippen molar-refractivity contribution in [2.24, 2.45) is 0 Å². The molecule has 2 aromatic rings. The lowest BCUT2D eigenvalue weighted by atomic mass is 10.2. The molecule has 1 aromatic carbocycles. The Hall–Kier alpha value is -2.74. The summed E-state index contributed by atoms with van der Waals surface area (Å²) in [6, 6.07) is 8.33. The molecule has 0 fully saturated rings. The van der Waals surface area contributed by atoms with E-state index in [0.29, 0.717) is 5.69 Å². The van der Waals surface area contributed by atoms with Crippen LogP contribution in [-0.2, 0) is 20.9 Å². The summed E-state index contributed by atoms with van der Waals surface area (Å²) in [5.41, 5.74) is 1.53. The minimum atomic E-state index is -1.15. The number of nitrogens with one attached hydrogen (secondary N) is 1. The van der Waals surface area contributed by atoms with Crippen molar-refractivity contribution < 1.29 is 19.4 Å². The van der Waals surface area contributed by atoms with Gasteiger partial charge in [-0.15, -0.1) is 5.10 Å². The number of carboxylic acids is 1. The first-order valence-corrected chi connectivity index (χ1v) is 6.57. The van der Waals surface area contributed by atoms with Crippen molar-refractivity contribution in [3.05, 3.63) is 36.5 Å². The summed E-state index contributed by atoms with van der Waals surface area (Å²) in [4.78, 5) is 22.8. The first kappa shape index (κ1) is 15.6. The van der Waals surface area contributed by atoms with E-state index in [4.69, 9.17) is 9.84 Å². The van der Waals surface area contributed by atoms with Crippen LogP contribution >= 0.6 is 0 Å². The molecule has 1 heterocycles. The molecule has 1 aromatic heterocycles. The molecule has 2 N–H and O–H groups in total. The summed E-state index contributed by atoms with van der Waals surface area (Å²) in [6.45, 7) is -0.221. The lowest BCUT2D eigenvalue weighted by molar-refractivity contribution is -0.143. The summed E-state index contributed by atoms with van der Waals surface area (Å²) in [5.74, 6) is -1.63. The number of carbonyl (C=O) groups excluding carboxylic acids is 1. The van der Waals surface area contributed by atoms with Gasteiger partial charge in [0.1, 0.15) is 12.2 Å². The predicted molar refractivity (Wildman–Crippen MR) is 76.9 cm³/mol. The van der Waals surface area contributed by atoms with E-state index in [1.807, 2.05) is 30.3 Å². The highest BCUT2D eigenvalue weighted by molar-refractivity contribution is 5.83. The lowest BCUT2D eigenvalue weighted by Crippen LogP contribution is -2.45. The van der Waals surface area contributed by atoms with E-state index in [0.717, 1.165) is 5.56 Å². The topological polar surface area (TPSA) is 106 Å². The third kappa shape index (κ3) is 4.13. The molecule has 0 bridgehead atoms. The van der Waals surface area contributed by atoms with Crippen molar-refractivity contribution >= 4 is 11.9 Å². The molecule has 1 amide bonds. The molecule has 8 heteroatoms. The van der Waals surface area contributed by atoms with Gasteiger partial charge in [0.05, 0.1) is 12.8 Å². The summed E-state index contributed by atoms with van der Waals surface area (Å²) in [5, 5.41) is 19.1. The van der Waals surface area contributed by atoms with E-state index in [1.54, 1.807) is 6.20 Å². The monoisotopic (exact) mass is 304 g/mol. The van der Waals surface area contributed by atoms with Crippen LogP contribution < -0.4 is 5.32 Å². The van der Waals surface area contributed by atoms with Gasteiger partial charge in [0, 0.05) is 12.7 Å². The van der Waals surface area contributed by atoms with E-state index < -0.39 is 17.9 Å². The van der Waals surface area contributed by atoms with E-state index >= 15 is 0 Å². The summed E-state index contributed by atoms with van der Waals surface area (Å²) >= 11 is 0. The van der Waals surface area contributed by atoms with Gasteiger partial charge in [-0.05, 0) is 0 Å². The highest BCUT2D eigenvalue weighted by Gasteiger charge is 2.20. The number of hydrogen-bond donors (Lipinski definition) is 2. The zero-order chi connectivity index (χ0) is 15.9. The van der Waals surface area contributed by atoms with Crippen molar-refractivity contribution in [1.82, 2.24) is 20.3 Å². The largest absolute Gasteiger partial charge is 0.480 e. The standard InChI is InChI=1S/C14H16N4O4/c1-22-9-12(14(20)21)15-13(19)8-18-7-11(16-17-18)10-5-3-2-4-6-10/h2-7,12H,8-9H2,1H3,(H,15,19)(H,20,21). The third-order valence-corrected chi connectivity index (χ3v) is 2.88. The van der Waals surface area contributed by atoms with Gasteiger partial charge in [0.2, 0.25) is 5.91 Å². The smallest absolute Gasteiger partial charge is 0.328 e. The average molecular weight is 304 g/mol. The fraction of sp³-hybridized carbons (Fsp3) is 0.286. The number of ether oxygens (including phenoxy) is 1. The molecule has 1 atom stereocenters. The fourth-order valence-corrected chi connectivity index (χ4v) is 1.85. The van der Waals surface area contributed by atoms with E-state index in [2.05, 4.69) is 15.6 Å². The summed E-state index contributed by atoms with van der Waals surface area (Å²) < 4.78 is 6.10. The summed E-state index contributed by atoms with van der Waals surface area (Å²) in [7, 11) is 1.37. The molecule has 0 radical (unpaired) electrons. The zero-order valence-electron chi connectivity index (χ0n) is 12.0. The molecule has 116 valence electrons. The Morgan fingerprint density at radius 2 is 2.09 bits per heavy atom. The molecular formula is C14H16N4O4. The van der Waals surface area contributed by atoms with Gasteiger partial charge >= 0.3 is 5.97 Å². The quantitative estimate of drug-likeness (QED) is 0.755.